The summed E-state index contributed by atoms with van der Waals surface area (Å²) in [6, 6.07) is 24.1. The molecule has 182 valence electrons. The zero-order valence-electron chi connectivity index (χ0n) is 20.5. The van der Waals surface area contributed by atoms with Gasteiger partial charge < -0.3 is 0 Å². The number of rotatable bonds is 3. The molecular formula is C32H26ClN3S. The second kappa shape index (κ2) is 7.18. The summed E-state index contributed by atoms with van der Waals surface area (Å²) in [5, 5.41) is 2.73. The lowest BCUT2D eigenvalue weighted by Gasteiger charge is -2.49. The summed E-state index contributed by atoms with van der Waals surface area (Å²) in [6.07, 6.45) is 8.72. The zero-order chi connectivity index (χ0) is 24.4. The molecule has 2 unspecified atom stereocenters. The van der Waals surface area contributed by atoms with Crippen LogP contribution in [0, 0.1) is 23.2 Å². The maximum atomic E-state index is 6.44. The third-order valence-electron chi connectivity index (χ3n) is 10.5. The minimum absolute atomic E-state index is 0.235. The first-order valence-electron chi connectivity index (χ1n) is 13.5. The van der Waals surface area contributed by atoms with Crippen molar-refractivity contribution in [3.63, 3.8) is 0 Å². The lowest BCUT2D eigenvalue weighted by Crippen LogP contribution is -2.42. The first-order valence-corrected chi connectivity index (χ1v) is 14.7. The van der Waals surface area contributed by atoms with Crippen LogP contribution in [-0.4, -0.2) is 15.0 Å². The van der Waals surface area contributed by atoms with E-state index >= 15 is 0 Å². The van der Waals surface area contributed by atoms with Gasteiger partial charge in [-0.15, -0.1) is 11.3 Å². The van der Waals surface area contributed by atoms with E-state index in [1.54, 1.807) is 0 Å². The van der Waals surface area contributed by atoms with Gasteiger partial charge >= 0.3 is 0 Å². The minimum atomic E-state index is 0.235. The van der Waals surface area contributed by atoms with Crippen LogP contribution in [0.1, 0.15) is 44.1 Å². The van der Waals surface area contributed by atoms with Gasteiger partial charge in [0.15, 0.2) is 11.6 Å². The van der Waals surface area contributed by atoms with Crippen molar-refractivity contribution < 1.29 is 0 Å². The van der Waals surface area contributed by atoms with Gasteiger partial charge in [0, 0.05) is 31.3 Å². The highest BCUT2D eigenvalue weighted by molar-refractivity contribution is 7.25. The molecule has 4 saturated carbocycles. The standard InChI is InChI=1S/C32H26ClN3S/c33-30-35-28(34-29(36-30)20-7-10-27-25(12-20)24-3-1-2-4-26(24)37-27)19-5-8-21(9-6-19)31-14-18-11-22-13-23(16-31)32(22,15-18)17-31/h1-10,12,18,22-23H,11,13-17H2/t18-,22?,23-,31?,32-/m0/s1. The number of fused-ring (bicyclic) bond motifs is 5. The SMILES string of the molecule is Clc1nc(-c2ccc(C34C[C@@H]5CC6C[C@@H](C3)[C@@]6(C5)C4)cc2)nc(-c2ccc3sc4ccccc4c3c2)n1. The first-order chi connectivity index (χ1) is 18.1. The average molecular weight is 520 g/mol. The molecule has 2 aromatic heterocycles. The Kier molecular flexibility index (Phi) is 4.10. The van der Waals surface area contributed by atoms with Crippen LogP contribution in [0.2, 0.25) is 5.28 Å². The Morgan fingerprint density at radius 1 is 0.730 bits per heavy atom. The molecular weight excluding hydrogens is 494 g/mol. The highest BCUT2D eigenvalue weighted by atomic mass is 35.5. The number of aromatic nitrogens is 3. The van der Waals surface area contributed by atoms with Gasteiger partial charge in [-0.1, -0.05) is 42.5 Å². The van der Waals surface area contributed by atoms with E-state index < -0.39 is 0 Å². The normalized spacial score (nSPS) is 31.2. The van der Waals surface area contributed by atoms with Crippen LogP contribution in [0.25, 0.3) is 42.9 Å². The molecule has 0 radical (unpaired) electrons. The Labute approximate surface area is 225 Å². The largest absolute Gasteiger partial charge is 0.226 e. The van der Waals surface area contributed by atoms with E-state index in [1.165, 1.54) is 64.3 Å². The van der Waals surface area contributed by atoms with Gasteiger partial charge in [-0.05, 0) is 109 Å². The predicted octanol–water partition coefficient (Wildman–Crippen LogP) is 8.69. The molecule has 0 N–H and O–H groups in total. The van der Waals surface area contributed by atoms with Crippen LogP contribution < -0.4 is 0 Å². The Hall–Kier alpha value is -2.82. The Morgan fingerprint density at radius 2 is 1.51 bits per heavy atom. The zero-order valence-corrected chi connectivity index (χ0v) is 22.0. The van der Waals surface area contributed by atoms with Crippen molar-refractivity contribution in [3.8, 4) is 22.8 Å². The highest BCUT2D eigenvalue weighted by Crippen LogP contribution is 2.78. The molecule has 9 rings (SSSR count). The number of nitrogens with zero attached hydrogens (tertiary/aromatic N) is 3. The summed E-state index contributed by atoms with van der Waals surface area (Å²) in [7, 11) is 0. The molecule has 37 heavy (non-hydrogen) atoms. The average Bonchev–Trinajstić information content (AvgIpc) is 3.45. The Morgan fingerprint density at radius 3 is 2.41 bits per heavy atom. The molecule has 4 aliphatic rings. The fourth-order valence-electron chi connectivity index (χ4n) is 9.14. The number of halogens is 1. The van der Waals surface area contributed by atoms with Crippen LogP contribution in [0.5, 0.6) is 0 Å². The second-order valence-electron chi connectivity index (χ2n) is 12.2. The Bertz CT molecular complexity index is 1740. The summed E-state index contributed by atoms with van der Waals surface area (Å²) in [6.45, 7) is 0. The minimum Gasteiger partial charge on any atom is -0.208 e. The maximum Gasteiger partial charge on any atom is 0.226 e. The van der Waals surface area contributed by atoms with Gasteiger partial charge in [0.25, 0.3) is 0 Å². The van der Waals surface area contributed by atoms with E-state index in [4.69, 9.17) is 16.6 Å². The third-order valence-corrected chi connectivity index (χ3v) is 11.8. The third kappa shape index (κ3) is 2.86. The smallest absolute Gasteiger partial charge is 0.208 e. The first kappa shape index (κ1) is 21.2. The molecule has 0 saturated heterocycles. The van der Waals surface area contributed by atoms with Gasteiger partial charge in [-0.2, -0.15) is 9.97 Å². The molecule has 5 heteroatoms. The van der Waals surface area contributed by atoms with Gasteiger partial charge in [0.2, 0.25) is 5.28 Å². The molecule has 1 spiro atoms. The summed E-state index contributed by atoms with van der Waals surface area (Å²) >= 11 is 8.26. The van der Waals surface area contributed by atoms with Crippen LogP contribution >= 0.6 is 22.9 Å². The summed E-state index contributed by atoms with van der Waals surface area (Å²) in [5.74, 6) is 4.23. The quantitative estimate of drug-likeness (QED) is 0.239. The Balaban J connectivity index is 1.08. The van der Waals surface area contributed by atoms with Crippen LogP contribution in [0.15, 0.2) is 66.7 Å². The van der Waals surface area contributed by atoms with Crippen molar-refractivity contribution in [3.05, 3.63) is 77.6 Å². The number of benzene rings is 3. The molecule has 4 aliphatic carbocycles. The van der Waals surface area contributed by atoms with E-state index in [0.29, 0.717) is 22.5 Å². The molecule has 3 bridgehead atoms. The molecule has 3 nitrogen and oxygen atoms in total. The topological polar surface area (TPSA) is 38.7 Å². The molecule has 0 amide bonds. The van der Waals surface area contributed by atoms with Crippen LogP contribution in [0.4, 0.5) is 0 Å². The molecule has 4 fully saturated rings. The van der Waals surface area contributed by atoms with E-state index in [0.717, 1.165) is 28.9 Å². The summed E-state index contributed by atoms with van der Waals surface area (Å²) in [4.78, 5) is 13.9. The van der Waals surface area contributed by atoms with Crippen molar-refractivity contribution in [1.82, 2.24) is 15.0 Å². The van der Waals surface area contributed by atoms with Crippen molar-refractivity contribution in [2.45, 2.75) is 43.9 Å². The molecule has 0 aliphatic heterocycles. The number of hydrogen-bond donors (Lipinski definition) is 0. The van der Waals surface area contributed by atoms with Gasteiger partial charge in [0.05, 0.1) is 0 Å². The molecule has 3 aromatic carbocycles. The predicted molar refractivity (Wildman–Crippen MR) is 151 cm³/mol. The molecule has 5 atom stereocenters. The summed E-state index contributed by atoms with van der Waals surface area (Å²) < 4.78 is 2.56. The van der Waals surface area contributed by atoms with Crippen molar-refractivity contribution in [1.29, 1.82) is 0 Å². The molecule has 5 aromatic rings. The van der Waals surface area contributed by atoms with E-state index in [9.17, 15) is 0 Å². The van der Waals surface area contributed by atoms with E-state index in [2.05, 4.69) is 76.7 Å². The van der Waals surface area contributed by atoms with Crippen LogP contribution in [0.3, 0.4) is 0 Å². The van der Waals surface area contributed by atoms with Gasteiger partial charge in [-0.3, -0.25) is 0 Å². The number of thiophene rings is 1. The van der Waals surface area contributed by atoms with E-state index in [-0.39, 0.29) is 5.28 Å². The fraction of sp³-hybridized carbons (Fsp3) is 0.344. The summed E-state index contributed by atoms with van der Waals surface area (Å²) in [5.41, 5.74) is 4.60. The fourth-order valence-corrected chi connectivity index (χ4v) is 10.4. The lowest BCUT2D eigenvalue weighted by molar-refractivity contribution is -0.000160. The van der Waals surface area contributed by atoms with Gasteiger partial charge in [0.1, 0.15) is 0 Å². The van der Waals surface area contributed by atoms with Crippen molar-refractivity contribution >= 4 is 43.1 Å². The molecule has 2 heterocycles. The van der Waals surface area contributed by atoms with Crippen molar-refractivity contribution in [2.75, 3.05) is 0 Å². The lowest BCUT2D eigenvalue weighted by atomic mass is 9.55. The maximum absolute atomic E-state index is 6.44. The second-order valence-corrected chi connectivity index (χ2v) is 13.6. The van der Waals surface area contributed by atoms with Crippen LogP contribution in [-0.2, 0) is 5.41 Å². The van der Waals surface area contributed by atoms with Crippen molar-refractivity contribution in [2.24, 2.45) is 23.2 Å². The van der Waals surface area contributed by atoms with E-state index in [1.807, 2.05) is 11.3 Å². The highest BCUT2D eigenvalue weighted by Gasteiger charge is 2.70. The van der Waals surface area contributed by atoms with Gasteiger partial charge in [-0.25, -0.2) is 4.98 Å². The number of hydrogen-bond acceptors (Lipinski definition) is 4. The monoisotopic (exact) mass is 519 g/mol.